The molecule has 0 radical (unpaired) electrons. The number of piperidine rings is 1. The first-order chi connectivity index (χ1) is 16.9. The van der Waals surface area contributed by atoms with Crippen LogP contribution in [0.4, 0.5) is 0 Å². The highest BCUT2D eigenvalue weighted by atomic mass is 32.2. The third-order valence-electron chi connectivity index (χ3n) is 6.62. The molecule has 5 rings (SSSR count). The molecule has 1 aliphatic rings. The van der Waals surface area contributed by atoms with Gasteiger partial charge in [-0.1, -0.05) is 13.3 Å². The third kappa shape index (κ3) is 4.46. The molecule has 0 amide bonds. The number of aromatic nitrogens is 2. The van der Waals surface area contributed by atoms with Crippen LogP contribution in [0.25, 0.3) is 22.0 Å². The summed E-state index contributed by atoms with van der Waals surface area (Å²) in [6, 6.07) is 12.1. The van der Waals surface area contributed by atoms with Crippen LogP contribution in [-0.2, 0) is 29.6 Å². The van der Waals surface area contributed by atoms with Gasteiger partial charge >= 0.3 is 5.63 Å². The van der Waals surface area contributed by atoms with Crippen LogP contribution in [0.15, 0.2) is 56.6 Å². The standard InChI is InChI=1S/C26H29N3O5S/c1-3-18-14-26(30)34-24-15-19(8-10-21(18)24)33-17-25-27-22-16-20(9-11-23(22)29(25)4-2)35(31,32)28-12-6-5-7-13-28/h8-11,14-16H,3-7,12-13,17H2,1-2H3. The number of imidazole rings is 1. The van der Waals surface area contributed by atoms with Gasteiger partial charge < -0.3 is 13.7 Å². The van der Waals surface area contributed by atoms with Crippen molar-refractivity contribution in [2.24, 2.45) is 0 Å². The highest BCUT2D eigenvalue weighted by molar-refractivity contribution is 7.89. The molecule has 8 nitrogen and oxygen atoms in total. The van der Waals surface area contributed by atoms with Crippen LogP contribution in [0.2, 0.25) is 0 Å². The Balaban J connectivity index is 1.43. The summed E-state index contributed by atoms with van der Waals surface area (Å²) in [5, 5.41) is 0.891. The lowest BCUT2D eigenvalue weighted by Crippen LogP contribution is -2.35. The molecule has 1 fully saturated rings. The molecular weight excluding hydrogens is 466 g/mol. The molecule has 2 aromatic carbocycles. The molecule has 4 aromatic rings. The highest BCUT2D eigenvalue weighted by Crippen LogP contribution is 2.27. The van der Waals surface area contributed by atoms with Gasteiger partial charge in [-0.15, -0.1) is 0 Å². The first-order valence-electron chi connectivity index (χ1n) is 12.1. The second-order valence-electron chi connectivity index (χ2n) is 8.78. The maximum absolute atomic E-state index is 13.1. The Kier molecular flexibility index (Phi) is 6.37. The van der Waals surface area contributed by atoms with Crippen molar-refractivity contribution in [3.8, 4) is 5.75 Å². The van der Waals surface area contributed by atoms with Gasteiger partial charge in [0, 0.05) is 37.2 Å². The molecule has 0 bridgehead atoms. The maximum atomic E-state index is 13.1. The van der Waals surface area contributed by atoms with Gasteiger partial charge in [-0.25, -0.2) is 18.2 Å². The van der Waals surface area contributed by atoms with Gasteiger partial charge in [-0.2, -0.15) is 4.31 Å². The van der Waals surface area contributed by atoms with Crippen molar-refractivity contribution in [3.05, 3.63) is 64.3 Å². The van der Waals surface area contributed by atoms with Crippen molar-refractivity contribution in [1.82, 2.24) is 13.9 Å². The molecule has 1 saturated heterocycles. The molecule has 3 heterocycles. The number of sulfonamides is 1. The lowest BCUT2D eigenvalue weighted by Gasteiger charge is -2.25. The van der Waals surface area contributed by atoms with Crippen molar-refractivity contribution in [1.29, 1.82) is 0 Å². The zero-order chi connectivity index (χ0) is 24.6. The Bertz CT molecular complexity index is 1550. The third-order valence-corrected chi connectivity index (χ3v) is 8.51. The van der Waals surface area contributed by atoms with Gasteiger partial charge in [0.15, 0.2) is 0 Å². The van der Waals surface area contributed by atoms with E-state index in [1.165, 1.54) is 6.07 Å². The quantitative estimate of drug-likeness (QED) is 0.351. The molecule has 2 aromatic heterocycles. The number of nitrogens with zero attached hydrogens (tertiary/aromatic N) is 3. The Labute approximate surface area is 204 Å². The van der Waals surface area contributed by atoms with Crippen LogP contribution < -0.4 is 10.4 Å². The van der Waals surface area contributed by atoms with E-state index in [1.807, 2.05) is 36.6 Å². The SMILES string of the molecule is CCc1cc(=O)oc2cc(OCc3nc4cc(S(=O)(=O)N5CCCCC5)ccc4n3CC)ccc12. The summed E-state index contributed by atoms with van der Waals surface area (Å²) in [5.41, 5.74) is 2.53. The summed E-state index contributed by atoms with van der Waals surface area (Å²) in [6.07, 6.45) is 3.59. The summed E-state index contributed by atoms with van der Waals surface area (Å²) in [6.45, 7) is 6.00. The maximum Gasteiger partial charge on any atom is 0.336 e. The van der Waals surface area contributed by atoms with Gasteiger partial charge in [0.05, 0.1) is 15.9 Å². The van der Waals surface area contributed by atoms with Crippen LogP contribution in [0.1, 0.15) is 44.5 Å². The van der Waals surface area contributed by atoms with Crippen molar-refractivity contribution >= 4 is 32.0 Å². The van der Waals surface area contributed by atoms with E-state index in [0.717, 1.165) is 42.1 Å². The molecule has 0 saturated carbocycles. The molecule has 0 atom stereocenters. The number of benzene rings is 2. The predicted octanol–water partition coefficient (Wildman–Crippen LogP) is 4.48. The summed E-state index contributed by atoms with van der Waals surface area (Å²) in [7, 11) is -3.53. The molecule has 0 N–H and O–H groups in total. The van der Waals surface area contributed by atoms with E-state index in [4.69, 9.17) is 14.1 Å². The summed E-state index contributed by atoms with van der Waals surface area (Å²) < 4.78 is 41.2. The van der Waals surface area contributed by atoms with Crippen LogP contribution in [0.3, 0.4) is 0 Å². The van der Waals surface area contributed by atoms with Crippen LogP contribution in [0, 0.1) is 0 Å². The molecule has 9 heteroatoms. The summed E-state index contributed by atoms with van der Waals surface area (Å²) in [5.74, 6) is 1.26. The van der Waals surface area contributed by atoms with Crippen LogP contribution >= 0.6 is 0 Å². The molecule has 0 aliphatic carbocycles. The molecule has 35 heavy (non-hydrogen) atoms. The molecular formula is C26H29N3O5S. The Hall–Kier alpha value is -3.17. The number of fused-ring (bicyclic) bond motifs is 2. The normalized spacial score (nSPS) is 15.1. The van der Waals surface area contributed by atoms with E-state index in [0.29, 0.717) is 42.3 Å². The number of aryl methyl sites for hydroxylation is 2. The summed E-state index contributed by atoms with van der Waals surface area (Å²) in [4.78, 5) is 16.8. The fraction of sp³-hybridized carbons (Fsp3) is 0.385. The Morgan fingerprint density at radius 2 is 1.83 bits per heavy atom. The smallest absolute Gasteiger partial charge is 0.336 e. The predicted molar refractivity (Wildman–Crippen MR) is 134 cm³/mol. The van der Waals surface area contributed by atoms with E-state index in [2.05, 4.69) is 0 Å². The van der Waals surface area contributed by atoms with Gasteiger partial charge in [0.2, 0.25) is 10.0 Å². The number of rotatable bonds is 7. The number of hydrogen-bond acceptors (Lipinski definition) is 6. The minimum Gasteiger partial charge on any atom is -0.486 e. The summed E-state index contributed by atoms with van der Waals surface area (Å²) >= 11 is 0. The monoisotopic (exact) mass is 495 g/mol. The molecule has 184 valence electrons. The fourth-order valence-corrected chi connectivity index (χ4v) is 6.32. The number of hydrogen-bond donors (Lipinski definition) is 0. The van der Waals surface area contributed by atoms with E-state index < -0.39 is 10.0 Å². The topological polar surface area (TPSA) is 94.6 Å². The minimum absolute atomic E-state index is 0.194. The largest absolute Gasteiger partial charge is 0.486 e. The zero-order valence-electron chi connectivity index (χ0n) is 20.0. The van der Waals surface area contributed by atoms with Gasteiger partial charge in [-0.3, -0.25) is 0 Å². The molecule has 1 aliphatic heterocycles. The lowest BCUT2D eigenvalue weighted by molar-refractivity contribution is 0.290. The molecule has 0 unspecified atom stereocenters. The van der Waals surface area contributed by atoms with E-state index >= 15 is 0 Å². The van der Waals surface area contributed by atoms with Crippen LogP contribution in [0.5, 0.6) is 5.75 Å². The van der Waals surface area contributed by atoms with E-state index in [9.17, 15) is 13.2 Å². The average Bonchev–Trinajstić information content (AvgIpc) is 3.23. The van der Waals surface area contributed by atoms with E-state index in [-0.39, 0.29) is 17.1 Å². The first kappa shape index (κ1) is 23.6. The second kappa shape index (κ2) is 9.47. The van der Waals surface area contributed by atoms with Gasteiger partial charge in [0.25, 0.3) is 0 Å². The Morgan fingerprint density at radius 1 is 1.03 bits per heavy atom. The highest BCUT2D eigenvalue weighted by Gasteiger charge is 2.26. The lowest BCUT2D eigenvalue weighted by atomic mass is 10.1. The van der Waals surface area contributed by atoms with Crippen molar-refractivity contribution in [2.75, 3.05) is 13.1 Å². The Morgan fingerprint density at radius 3 is 2.57 bits per heavy atom. The van der Waals surface area contributed by atoms with Crippen molar-refractivity contribution in [2.45, 2.75) is 57.6 Å². The zero-order valence-corrected chi connectivity index (χ0v) is 20.8. The fourth-order valence-electron chi connectivity index (χ4n) is 4.78. The average molecular weight is 496 g/mol. The first-order valence-corrected chi connectivity index (χ1v) is 13.5. The number of ether oxygens (including phenoxy) is 1. The van der Waals surface area contributed by atoms with Gasteiger partial charge in [0.1, 0.15) is 23.8 Å². The van der Waals surface area contributed by atoms with Crippen molar-refractivity contribution < 1.29 is 17.6 Å². The van der Waals surface area contributed by atoms with E-state index in [1.54, 1.807) is 22.5 Å². The minimum atomic E-state index is -3.53. The van der Waals surface area contributed by atoms with Gasteiger partial charge in [-0.05, 0) is 62.1 Å². The second-order valence-corrected chi connectivity index (χ2v) is 10.7. The van der Waals surface area contributed by atoms with Crippen LogP contribution in [-0.4, -0.2) is 35.4 Å². The van der Waals surface area contributed by atoms with Crippen molar-refractivity contribution in [3.63, 3.8) is 0 Å². The molecule has 0 spiro atoms.